The second kappa shape index (κ2) is 5.86. The minimum Gasteiger partial charge on any atom is -0.508 e. The van der Waals surface area contributed by atoms with E-state index < -0.39 is 0 Å². The van der Waals surface area contributed by atoms with Crippen LogP contribution in [0.15, 0.2) is 36.4 Å². The van der Waals surface area contributed by atoms with Gasteiger partial charge in [0.15, 0.2) is 0 Å². The molecule has 21 heavy (non-hydrogen) atoms. The maximum absolute atomic E-state index is 13.3. The van der Waals surface area contributed by atoms with Gasteiger partial charge in [-0.25, -0.2) is 4.39 Å². The summed E-state index contributed by atoms with van der Waals surface area (Å²) < 4.78 is 13.3. The van der Waals surface area contributed by atoms with Crippen molar-refractivity contribution < 1.29 is 9.50 Å². The summed E-state index contributed by atoms with van der Waals surface area (Å²) in [5.41, 5.74) is 4.26. The zero-order valence-electron chi connectivity index (χ0n) is 12.2. The molecular weight excluding hydrogens is 265 g/mol. The molecule has 2 nitrogen and oxygen atoms in total. The largest absolute Gasteiger partial charge is 0.508 e. The van der Waals surface area contributed by atoms with Gasteiger partial charge in [0.25, 0.3) is 0 Å². The van der Waals surface area contributed by atoms with Crippen LogP contribution >= 0.6 is 0 Å². The van der Waals surface area contributed by atoms with Crippen molar-refractivity contribution in [2.75, 3.05) is 13.1 Å². The molecule has 0 radical (unpaired) electrons. The molecule has 1 unspecified atom stereocenters. The fourth-order valence-corrected chi connectivity index (χ4v) is 3.03. The van der Waals surface area contributed by atoms with Crippen LogP contribution in [-0.4, -0.2) is 18.2 Å². The lowest BCUT2D eigenvalue weighted by molar-refractivity contribution is 0.468. The quantitative estimate of drug-likeness (QED) is 0.886. The molecule has 0 saturated heterocycles. The lowest BCUT2D eigenvalue weighted by Crippen LogP contribution is -2.18. The van der Waals surface area contributed by atoms with Gasteiger partial charge in [-0.3, -0.25) is 0 Å². The Hall–Kier alpha value is -1.87. The number of fused-ring (bicyclic) bond motifs is 1. The molecule has 3 rings (SSSR count). The van der Waals surface area contributed by atoms with Crippen LogP contribution in [0.2, 0.25) is 0 Å². The molecule has 2 aromatic rings. The number of phenolic OH excluding ortho intramolecular Hbond substituents is 1. The van der Waals surface area contributed by atoms with Crippen molar-refractivity contribution in [3.63, 3.8) is 0 Å². The summed E-state index contributed by atoms with van der Waals surface area (Å²) in [5.74, 6) is 0.501. The molecule has 1 aliphatic heterocycles. The summed E-state index contributed by atoms with van der Waals surface area (Å²) in [6, 6.07) is 10.5. The third-order valence-corrected chi connectivity index (χ3v) is 4.18. The lowest BCUT2D eigenvalue weighted by Gasteiger charge is -2.15. The second-order valence-electron chi connectivity index (χ2n) is 5.84. The SMILES string of the molecule is CC1CNCCc2cc(O)c(Cc3cccc(F)c3)cc21. The Morgan fingerprint density at radius 3 is 2.95 bits per heavy atom. The molecule has 0 fully saturated rings. The van der Waals surface area contributed by atoms with Gasteiger partial charge >= 0.3 is 0 Å². The second-order valence-corrected chi connectivity index (χ2v) is 5.84. The van der Waals surface area contributed by atoms with Gasteiger partial charge in [0.05, 0.1) is 0 Å². The summed E-state index contributed by atoms with van der Waals surface area (Å²) in [6.07, 6.45) is 1.49. The number of hydrogen-bond donors (Lipinski definition) is 2. The van der Waals surface area contributed by atoms with E-state index in [0.29, 0.717) is 18.1 Å². The molecule has 1 atom stereocenters. The molecule has 0 amide bonds. The van der Waals surface area contributed by atoms with E-state index in [9.17, 15) is 9.50 Å². The molecule has 1 aliphatic rings. The minimum absolute atomic E-state index is 0.237. The minimum atomic E-state index is -0.237. The summed E-state index contributed by atoms with van der Waals surface area (Å²) >= 11 is 0. The van der Waals surface area contributed by atoms with Crippen LogP contribution in [0, 0.1) is 5.82 Å². The summed E-state index contributed by atoms with van der Waals surface area (Å²) in [7, 11) is 0. The molecular formula is C18H20FNO. The summed E-state index contributed by atoms with van der Waals surface area (Å²) in [6.45, 7) is 4.09. The molecule has 0 aromatic heterocycles. The first-order chi connectivity index (χ1) is 10.1. The highest BCUT2D eigenvalue weighted by Crippen LogP contribution is 2.30. The Labute approximate surface area is 124 Å². The van der Waals surface area contributed by atoms with E-state index in [1.165, 1.54) is 23.3 Å². The first-order valence-corrected chi connectivity index (χ1v) is 7.43. The third kappa shape index (κ3) is 3.08. The molecule has 0 bridgehead atoms. The maximum Gasteiger partial charge on any atom is 0.123 e. The monoisotopic (exact) mass is 285 g/mol. The zero-order valence-corrected chi connectivity index (χ0v) is 12.2. The number of nitrogens with one attached hydrogen (secondary N) is 1. The standard InChI is InChI=1S/C18H20FNO/c1-12-11-20-6-5-14-10-18(21)15(9-17(12)14)7-13-3-2-4-16(19)8-13/h2-4,8-10,12,20-21H,5-7,11H2,1H3. The van der Waals surface area contributed by atoms with Crippen molar-refractivity contribution in [3.05, 3.63) is 64.5 Å². The van der Waals surface area contributed by atoms with E-state index in [2.05, 4.69) is 18.3 Å². The van der Waals surface area contributed by atoms with Crippen LogP contribution in [0.3, 0.4) is 0 Å². The van der Waals surface area contributed by atoms with Crippen LogP contribution in [0.5, 0.6) is 5.75 Å². The van der Waals surface area contributed by atoms with Gasteiger partial charge in [-0.05, 0) is 59.3 Å². The average molecular weight is 285 g/mol. The van der Waals surface area contributed by atoms with Crippen LogP contribution in [0.25, 0.3) is 0 Å². The number of halogens is 1. The van der Waals surface area contributed by atoms with Crippen LogP contribution in [0.4, 0.5) is 4.39 Å². The Morgan fingerprint density at radius 2 is 2.14 bits per heavy atom. The summed E-state index contributed by atoms with van der Waals surface area (Å²) in [5, 5.41) is 13.7. The topological polar surface area (TPSA) is 32.3 Å². The molecule has 0 spiro atoms. The van der Waals surface area contributed by atoms with Crippen molar-refractivity contribution >= 4 is 0 Å². The number of benzene rings is 2. The fourth-order valence-electron chi connectivity index (χ4n) is 3.03. The first kappa shape index (κ1) is 14.1. The van der Waals surface area contributed by atoms with Crippen molar-refractivity contribution in [1.29, 1.82) is 0 Å². The van der Waals surface area contributed by atoms with E-state index in [-0.39, 0.29) is 5.82 Å². The van der Waals surface area contributed by atoms with Crippen molar-refractivity contribution in [3.8, 4) is 5.75 Å². The van der Waals surface area contributed by atoms with E-state index in [1.54, 1.807) is 6.07 Å². The number of phenols is 1. The highest BCUT2D eigenvalue weighted by Gasteiger charge is 2.17. The van der Waals surface area contributed by atoms with Crippen LogP contribution < -0.4 is 5.32 Å². The Morgan fingerprint density at radius 1 is 1.29 bits per heavy atom. The molecule has 2 N–H and O–H groups in total. The first-order valence-electron chi connectivity index (χ1n) is 7.43. The van der Waals surface area contributed by atoms with Crippen LogP contribution in [-0.2, 0) is 12.8 Å². The van der Waals surface area contributed by atoms with Crippen molar-refractivity contribution in [2.24, 2.45) is 0 Å². The van der Waals surface area contributed by atoms with Crippen LogP contribution in [0.1, 0.15) is 35.1 Å². The normalized spacial score (nSPS) is 18.1. The molecule has 3 heteroatoms. The zero-order chi connectivity index (χ0) is 14.8. The molecule has 2 aromatic carbocycles. The number of rotatable bonds is 2. The Bertz CT molecular complexity index is 654. The number of aromatic hydroxyl groups is 1. The highest BCUT2D eigenvalue weighted by atomic mass is 19.1. The predicted molar refractivity (Wildman–Crippen MR) is 82.3 cm³/mol. The van der Waals surface area contributed by atoms with Gasteiger partial charge in [0.1, 0.15) is 11.6 Å². The lowest BCUT2D eigenvalue weighted by atomic mass is 9.91. The number of hydrogen-bond acceptors (Lipinski definition) is 2. The summed E-state index contributed by atoms with van der Waals surface area (Å²) in [4.78, 5) is 0. The van der Waals surface area contributed by atoms with Gasteiger partial charge in [-0.15, -0.1) is 0 Å². The Balaban J connectivity index is 1.96. The van der Waals surface area contributed by atoms with Crippen molar-refractivity contribution in [2.45, 2.75) is 25.7 Å². The van der Waals surface area contributed by atoms with E-state index in [4.69, 9.17) is 0 Å². The van der Waals surface area contributed by atoms with E-state index in [0.717, 1.165) is 30.6 Å². The van der Waals surface area contributed by atoms with E-state index in [1.807, 2.05) is 12.1 Å². The molecule has 0 saturated carbocycles. The Kier molecular flexibility index (Phi) is 3.93. The molecule has 110 valence electrons. The fraction of sp³-hybridized carbons (Fsp3) is 0.333. The van der Waals surface area contributed by atoms with Crippen molar-refractivity contribution in [1.82, 2.24) is 5.32 Å². The predicted octanol–water partition coefficient (Wildman–Crippen LogP) is 3.37. The van der Waals surface area contributed by atoms with Gasteiger partial charge in [-0.2, -0.15) is 0 Å². The van der Waals surface area contributed by atoms with Gasteiger partial charge in [0, 0.05) is 13.0 Å². The average Bonchev–Trinajstić information content (AvgIpc) is 2.62. The van der Waals surface area contributed by atoms with Gasteiger partial charge < -0.3 is 10.4 Å². The highest BCUT2D eigenvalue weighted by molar-refractivity contribution is 5.46. The maximum atomic E-state index is 13.3. The van der Waals surface area contributed by atoms with E-state index >= 15 is 0 Å². The smallest absolute Gasteiger partial charge is 0.123 e. The third-order valence-electron chi connectivity index (χ3n) is 4.18. The van der Waals surface area contributed by atoms with Gasteiger partial charge in [-0.1, -0.05) is 25.1 Å². The molecule has 0 aliphatic carbocycles. The molecule has 1 heterocycles. The van der Waals surface area contributed by atoms with Gasteiger partial charge in [0.2, 0.25) is 0 Å².